The van der Waals surface area contributed by atoms with Crippen LogP contribution in [0.15, 0.2) is 109 Å². The van der Waals surface area contributed by atoms with Gasteiger partial charge in [-0.1, -0.05) is 170 Å². The lowest BCUT2D eigenvalue weighted by atomic mass is 10.1. The molecule has 0 radical (unpaired) electrons. The smallest absolute Gasteiger partial charge is 0.474 e. The summed E-state index contributed by atoms with van der Waals surface area (Å²) in [6, 6.07) is 36.6. The number of hydrogen-bond acceptors (Lipinski definition) is 11. The maximum Gasteiger partial charge on any atom is 0.474 e. The minimum Gasteiger partial charge on any atom is -0.494 e. The number of aryl methyl sites for hydroxylation is 2. The molecular weight excluding hydrogens is 904 g/mol. The van der Waals surface area contributed by atoms with E-state index in [-0.39, 0.29) is 19.3 Å². The van der Waals surface area contributed by atoms with Crippen molar-refractivity contribution < 1.29 is 51.7 Å². The first-order valence-corrected chi connectivity index (χ1v) is 27.8. The molecule has 0 saturated carbocycles. The predicted octanol–water partition coefficient (Wildman–Crippen LogP) is 14.1. The minimum absolute atomic E-state index is 0.0347. The highest BCUT2D eigenvalue weighted by atomic mass is 31.2. The Bertz CT molecular complexity index is 1810. The molecule has 392 valence electrons. The Morgan fingerprint density at radius 3 is 1.33 bits per heavy atom. The molecular formula is C58H89O11P. The zero-order valence-corrected chi connectivity index (χ0v) is 44.2. The van der Waals surface area contributed by atoms with Crippen LogP contribution < -0.4 is 9.47 Å². The molecule has 0 spiro atoms. The zero-order valence-electron chi connectivity index (χ0n) is 43.3. The van der Waals surface area contributed by atoms with Gasteiger partial charge in [0.05, 0.1) is 59.5 Å². The van der Waals surface area contributed by atoms with Gasteiger partial charge in [-0.2, -0.15) is 0 Å². The van der Waals surface area contributed by atoms with Crippen LogP contribution in [-0.4, -0.2) is 83.9 Å². The van der Waals surface area contributed by atoms with Gasteiger partial charge in [-0.25, -0.2) is 4.57 Å². The van der Waals surface area contributed by atoms with Gasteiger partial charge in [-0.05, 0) is 91.5 Å². The van der Waals surface area contributed by atoms with Crippen LogP contribution >= 0.6 is 7.82 Å². The lowest BCUT2D eigenvalue weighted by Gasteiger charge is -2.21. The largest absolute Gasteiger partial charge is 0.494 e. The van der Waals surface area contributed by atoms with E-state index in [0.29, 0.717) is 52.7 Å². The summed E-state index contributed by atoms with van der Waals surface area (Å²) in [5.41, 5.74) is 4.67. The SMILES string of the molecule is CCCCCCCCOc1ccc(CCCOC[C@@H](CO)OCc2ccccc2)cc1.CCCCCCCCOc1ccc(CCCOC[C@@H](COP(=O)(OC)OCCC)OCc2ccccc2)cc1. The normalized spacial score (nSPS) is 13.0. The van der Waals surface area contributed by atoms with Crippen molar-refractivity contribution in [1.82, 2.24) is 0 Å². The van der Waals surface area contributed by atoms with Crippen molar-refractivity contribution >= 4 is 7.82 Å². The van der Waals surface area contributed by atoms with Crippen LogP contribution in [0, 0.1) is 0 Å². The van der Waals surface area contributed by atoms with Gasteiger partial charge in [0, 0.05) is 20.3 Å². The van der Waals surface area contributed by atoms with E-state index in [1.54, 1.807) is 0 Å². The van der Waals surface area contributed by atoms with E-state index in [9.17, 15) is 9.67 Å². The monoisotopic (exact) mass is 993 g/mol. The van der Waals surface area contributed by atoms with E-state index in [1.165, 1.54) is 82.4 Å². The van der Waals surface area contributed by atoms with Gasteiger partial charge in [0.1, 0.15) is 23.7 Å². The molecule has 0 fully saturated rings. The van der Waals surface area contributed by atoms with Gasteiger partial charge in [0.15, 0.2) is 0 Å². The average molecular weight is 993 g/mol. The maximum absolute atomic E-state index is 12.6. The van der Waals surface area contributed by atoms with Crippen molar-refractivity contribution in [2.24, 2.45) is 0 Å². The van der Waals surface area contributed by atoms with Crippen molar-refractivity contribution in [2.45, 2.75) is 155 Å². The summed E-state index contributed by atoms with van der Waals surface area (Å²) in [6.07, 6.45) is 19.0. The summed E-state index contributed by atoms with van der Waals surface area (Å²) in [6.45, 7) is 11.2. The van der Waals surface area contributed by atoms with Crippen LogP contribution in [0.5, 0.6) is 11.5 Å². The lowest BCUT2D eigenvalue weighted by Crippen LogP contribution is -2.26. The van der Waals surface area contributed by atoms with Crippen LogP contribution in [-0.2, 0) is 63.1 Å². The highest BCUT2D eigenvalue weighted by molar-refractivity contribution is 7.48. The van der Waals surface area contributed by atoms with Crippen LogP contribution in [0.1, 0.15) is 139 Å². The molecule has 4 aromatic rings. The third-order valence-corrected chi connectivity index (χ3v) is 12.9. The molecule has 0 aliphatic carbocycles. The van der Waals surface area contributed by atoms with E-state index < -0.39 is 13.9 Å². The fraction of sp³-hybridized carbons (Fsp3) is 0.586. The fourth-order valence-electron chi connectivity index (χ4n) is 7.23. The fourth-order valence-corrected chi connectivity index (χ4v) is 8.27. The van der Waals surface area contributed by atoms with E-state index in [2.05, 4.69) is 50.2 Å². The molecule has 1 N–H and O–H groups in total. The number of unbranched alkanes of at least 4 members (excludes halogenated alkanes) is 10. The Hall–Kier alpha value is -3.61. The molecule has 12 heteroatoms. The van der Waals surface area contributed by atoms with Crippen molar-refractivity contribution in [1.29, 1.82) is 0 Å². The molecule has 0 aromatic heterocycles. The Balaban J connectivity index is 0.000000380. The minimum atomic E-state index is -3.62. The van der Waals surface area contributed by atoms with E-state index >= 15 is 0 Å². The number of rotatable bonds is 42. The Morgan fingerprint density at radius 1 is 0.443 bits per heavy atom. The first-order chi connectivity index (χ1) is 34.4. The summed E-state index contributed by atoms with van der Waals surface area (Å²) < 4.78 is 63.5. The molecule has 0 bridgehead atoms. The number of ether oxygens (including phenoxy) is 6. The standard InChI is InChI=1S/C31H49O7P.C27H40O4/c1-4-6-7-8-9-13-24-35-30-20-18-28(19-21-30)17-14-23-34-26-31(36-25-29-15-11-10-12-16-29)27-38-39(32,33-3)37-22-5-2;1-2-3-4-5-6-10-20-30-26-17-15-24(16-18-26)14-11-19-29-23-27(21-28)31-22-25-12-8-7-9-13-25/h10-12,15-16,18-21,31H,4-9,13-14,17,22-27H2,1-3H3;7-9,12-13,15-18,27-28H,2-6,10-11,14,19-23H2,1H3/t31-,39?;27-/m01/s1. The molecule has 0 heterocycles. The predicted molar refractivity (Wildman–Crippen MR) is 283 cm³/mol. The highest BCUT2D eigenvalue weighted by Crippen LogP contribution is 2.48. The molecule has 4 rings (SSSR count). The number of phosphoric ester groups is 1. The van der Waals surface area contributed by atoms with Crippen LogP contribution in [0.4, 0.5) is 0 Å². The van der Waals surface area contributed by atoms with Crippen LogP contribution in [0.2, 0.25) is 0 Å². The summed E-state index contributed by atoms with van der Waals surface area (Å²) in [5, 5.41) is 9.47. The van der Waals surface area contributed by atoms with E-state index in [1.807, 2.05) is 79.7 Å². The number of hydrogen-bond donors (Lipinski definition) is 1. The van der Waals surface area contributed by atoms with Crippen molar-refractivity contribution in [3.63, 3.8) is 0 Å². The number of phosphoric acid groups is 1. The van der Waals surface area contributed by atoms with Crippen molar-refractivity contribution in [2.75, 3.05) is 66.6 Å². The van der Waals surface area contributed by atoms with E-state index in [0.717, 1.165) is 74.4 Å². The third-order valence-electron chi connectivity index (χ3n) is 11.5. The van der Waals surface area contributed by atoms with Gasteiger partial charge in [-0.15, -0.1) is 0 Å². The molecule has 3 atom stereocenters. The first-order valence-electron chi connectivity index (χ1n) is 26.4. The average Bonchev–Trinajstić information content (AvgIpc) is 3.40. The van der Waals surface area contributed by atoms with Gasteiger partial charge < -0.3 is 33.5 Å². The van der Waals surface area contributed by atoms with Gasteiger partial charge in [-0.3, -0.25) is 13.6 Å². The molecule has 11 nitrogen and oxygen atoms in total. The third kappa shape index (κ3) is 30.3. The molecule has 0 amide bonds. The zero-order chi connectivity index (χ0) is 50.0. The Morgan fingerprint density at radius 2 is 0.886 bits per heavy atom. The summed E-state index contributed by atoms with van der Waals surface area (Å²) >= 11 is 0. The molecule has 0 saturated heterocycles. The Kier molecular flexibility index (Phi) is 35.5. The lowest BCUT2D eigenvalue weighted by molar-refractivity contribution is -0.0512. The number of benzene rings is 4. The number of aliphatic hydroxyl groups excluding tert-OH is 1. The second kappa shape index (κ2) is 40.9. The van der Waals surface area contributed by atoms with Gasteiger partial charge >= 0.3 is 7.82 Å². The molecule has 0 aliphatic rings. The second-order valence-electron chi connectivity index (χ2n) is 17.7. The molecule has 70 heavy (non-hydrogen) atoms. The summed E-state index contributed by atoms with van der Waals surface area (Å²) in [4.78, 5) is 0. The van der Waals surface area contributed by atoms with Gasteiger partial charge in [0.2, 0.25) is 0 Å². The molecule has 0 aliphatic heterocycles. The quantitative estimate of drug-likeness (QED) is 0.0337. The van der Waals surface area contributed by atoms with E-state index in [4.69, 9.17) is 42.0 Å². The second-order valence-corrected chi connectivity index (χ2v) is 19.4. The summed E-state index contributed by atoms with van der Waals surface area (Å²) in [5.74, 6) is 1.88. The van der Waals surface area contributed by atoms with Crippen LogP contribution in [0.3, 0.4) is 0 Å². The summed E-state index contributed by atoms with van der Waals surface area (Å²) in [7, 11) is -2.30. The molecule has 1 unspecified atom stereocenters. The molecule has 4 aromatic carbocycles. The van der Waals surface area contributed by atoms with Crippen LogP contribution in [0.25, 0.3) is 0 Å². The number of aliphatic hydroxyl groups is 1. The van der Waals surface area contributed by atoms with Gasteiger partial charge in [0.25, 0.3) is 0 Å². The Labute approximate surface area is 422 Å². The van der Waals surface area contributed by atoms with Crippen molar-refractivity contribution in [3.8, 4) is 11.5 Å². The highest BCUT2D eigenvalue weighted by Gasteiger charge is 2.27. The first kappa shape index (κ1) is 60.7. The topological polar surface area (TPSA) is 120 Å². The maximum atomic E-state index is 12.6. The van der Waals surface area contributed by atoms with Crippen molar-refractivity contribution in [3.05, 3.63) is 131 Å².